The van der Waals surface area contributed by atoms with Crippen LogP contribution in [0.3, 0.4) is 0 Å². The third-order valence-corrected chi connectivity index (χ3v) is 3.77. The molecular formula is C16H22FN2O. The molecule has 1 amide bonds. The van der Waals surface area contributed by atoms with Gasteiger partial charge in [-0.05, 0) is 37.4 Å². The van der Waals surface area contributed by atoms with Crippen molar-refractivity contribution in [3.8, 4) is 0 Å². The maximum atomic E-state index is 13.6. The number of carbonyl (C=O) groups excluding carboxylic acids is 1. The van der Waals surface area contributed by atoms with Gasteiger partial charge in [0.1, 0.15) is 5.82 Å². The zero-order chi connectivity index (χ0) is 14.4. The Morgan fingerprint density at radius 1 is 1.45 bits per heavy atom. The molecule has 0 bridgehead atoms. The Bertz CT molecular complexity index is 450. The molecule has 20 heavy (non-hydrogen) atoms. The molecule has 109 valence electrons. The summed E-state index contributed by atoms with van der Waals surface area (Å²) in [7, 11) is 0. The van der Waals surface area contributed by atoms with Crippen LogP contribution in [0.15, 0.2) is 24.3 Å². The van der Waals surface area contributed by atoms with Gasteiger partial charge in [-0.1, -0.05) is 24.6 Å². The monoisotopic (exact) mass is 277 g/mol. The maximum Gasteiger partial charge on any atom is 0.217 e. The van der Waals surface area contributed by atoms with Crippen molar-refractivity contribution in [3.63, 3.8) is 0 Å². The second-order valence-corrected chi connectivity index (χ2v) is 5.31. The first-order valence-electron chi connectivity index (χ1n) is 7.24. The van der Waals surface area contributed by atoms with Gasteiger partial charge in [-0.2, -0.15) is 0 Å². The van der Waals surface area contributed by atoms with Gasteiger partial charge < -0.3 is 5.32 Å². The van der Waals surface area contributed by atoms with Crippen LogP contribution in [0.4, 0.5) is 4.39 Å². The van der Waals surface area contributed by atoms with Crippen LogP contribution in [0.1, 0.15) is 31.7 Å². The molecular weight excluding hydrogens is 255 g/mol. The molecule has 1 saturated heterocycles. The van der Waals surface area contributed by atoms with Crippen molar-refractivity contribution in [3.05, 3.63) is 42.2 Å². The number of likely N-dealkylation sites (tertiary alicyclic amines) is 1. The van der Waals surface area contributed by atoms with E-state index in [2.05, 4.69) is 10.2 Å². The number of benzene rings is 1. The summed E-state index contributed by atoms with van der Waals surface area (Å²) in [5.41, 5.74) is 0.761. The highest BCUT2D eigenvalue weighted by atomic mass is 19.1. The van der Waals surface area contributed by atoms with Crippen LogP contribution in [-0.2, 0) is 11.2 Å². The largest absolute Gasteiger partial charge is 0.350 e. The molecule has 1 heterocycles. The summed E-state index contributed by atoms with van der Waals surface area (Å²) in [5, 5.41) is 2.78. The van der Waals surface area contributed by atoms with E-state index < -0.39 is 0 Å². The number of hydrogen-bond donors (Lipinski definition) is 1. The zero-order valence-electron chi connectivity index (χ0n) is 11.9. The molecule has 1 unspecified atom stereocenters. The highest BCUT2D eigenvalue weighted by Gasteiger charge is 2.22. The summed E-state index contributed by atoms with van der Waals surface area (Å²) in [5.74, 6) is -0.170. The van der Waals surface area contributed by atoms with Crippen molar-refractivity contribution >= 4 is 5.91 Å². The van der Waals surface area contributed by atoms with E-state index in [1.807, 2.05) is 18.7 Å². The number of nitrogens with zero attached hydrogens (tertiary/aromatic N) is 1. The van der Waals surface area contributed by atoms with Crippen molar-refractivity contribution in [1.29, 1.82) is 0 Å². The fourth-order valence-electron chi connectivity index (χ4n) is 2.66. The van der Waals surface area contributed by atoms with Gasteiger partial charge in [0, 0.05) is 19.5 Å². The lowest BCUT2D eigenvalue weighted by Crippen LogP contribution is -2.44. The molecule has 1 aliphatic heterocycles. The SMILES string of the molecule is CC(=O)N[CH]C1CCCCN1CCc1ccccc1F. The van der Waals surface area contributed by atoms with Gasteiger partial charge in [0.05, 0.1) is 6.54 Å². The molecule has 0 aliphatic carbocycles. The molecule has 1 atom stereocenters. The Labute approximate surface area is 120 Å². The summed E-state index contributed by atoms with van der Waals surface area (Å²) in [6, 6.07) is 7.19. The Morgan fingerprint density at radius 3 is 3.00 bits per heavy atom. The molecule has 3 nitrogen and oxygen atoms in total. The Hall–Kier alpha value is -1.42. The maximum absolute atomic E-state index is 13.6. The molecule has 0 saturated carbocycles. The average molecular weight is 277 g/mol. The molecule has 1 fully saturated rings. The first-order valence-corrected chi connectivity index (χ1v) is 7.24. The second kappa shape index (κ2) is 7.39. The summed E-state index contributed by atoms with van der Waals surface area (Å²) in [4.78, 5) is 13.3. The van der Waals surface area contributed by atoms with Crippen LogP contribution in [0.5, 0.6) is 0 Å². The van der Waals surface area contributed by atoms with Gasteiger partial charge in [0.25, 0.3) is 0 Å². The molecule has 1 radical (unpaired) electrons. The predicted octanol–water partition coefficient (Wildman–Crippen LogP) is 2.52. The third-order valence-electron chi connectivity index (χ3n) is 3.77. The predicted molar refractivity (Wildman–Crippen MR) is 77.4 cm³/mol. The Balaban J connectivity index is 1.88. The number of piperidine rings is 1. The minimum atomic E-state index is -0.132. The zero-order valence-corrected chi connectivity index (χ0v) is 11.9. The minimum Gasteiger partial charge on any atom is -0.350 e. The second-order valence-electron chi connectivity index (χ2n) is 5.31. The van der Waals surface area contributed by atoms with Gasteiger partial charge >= 0.3 is 0 Å². The normalized spacial score (nSPS) is 19.8. The van der Waals surface area contributed by atoms with Gasteiger partial charge in [0.2, 0.25) is 5.91 Å². The van der Waals surface area contributed by atoms with Crippen LogP contribution >= 0.6 is 0 Å². The third kappa shape index (κ3) is 4.30. The molecule has 0 spiro atoms. The lowest BCUT2D eigenvalue weighted by atomic mass is 10.0. The Morgan fingerprint density at radius 2 is 2.25 bits per heavy atom. The quantitative estimate of drug-likeness (QED) is 0.897. The smallest absolute Gasteiger partial charge is 0.217 e. The van der Waals surface area contributed by atoms with E-state index in [9.17, 15) is 9.18 Å². The van der Waals surface area contributed by atoms with E-state index in [1.54, 1.807) is 6.07 Å². The fourth-order valence-corrected chi connectivity index (χ4v) is 2.66. The number of hydrogen-bond acceptors (Lipinski definition) is 2. The molecule has 0 aromatic heterocycles. The van der Waals surface area contributed by atoms with E-state index in [1.165, 1.54) is 25.8 Å². The molecule has 1 aromatic rings. The molecule has 4 heteroatoms. The van der Waals surface area contributed by atoms with Gasteiger partial charge in [-0.15, -0.1) is 0 Å². The van der Waals surface area contributed by atoms with Crippen molar-refractivity contribution in [2.24, 2.45) is 0 Å². The number of amides is 1. The molecule has 1 aliphatic rings. The summed E-state index contributed by atoms with van der Waals surface area (Å²) in [6.07, 6.45) is 4.10. The fraction of sp³-hybridized carbons (Fsp3) is 0.500. The highest BCUT2D eigenvalue weighted by molar-refractivity contribution is 5.73. The summed E-state index contributed by atoms with van der Waals surface area (Å²) in [6.45, 7) is 5.22. The van der Waals surface area contributed by atoms with Crippen molar-refractivity contribution < 1.29 is 9.18 Å². The minimum absolute atomic E-state index is 0.0374. The van der Waals surface area contributed by atoms with E-state index in [-0.39, 0.29) is 17.8 Å². The molecule has 2 rings (SSSR count). The van der Waals surface area contributed by atoms with E-state index >= 15 is 0 Å². The molecule has 1 N–H and O–H groups in total. The van der Waals surface area contributed by atoms with Gasteiger partial charge in [-0.3, -0.25) is 9.69 Å². The molecule has 1 aromatic carbocycles. The van der Waals surface area contributed by atoms with Gasteiger partial charge in [-0.25, -0.2) is 4.39 Å². The lowest BCUT2D eigenvalue weighted by Gasteiger charge is -2.35. The average Bonchev–Trinajstić information content (AvgIpc) is 2.45. The van der Waals surface area contributed by atoms with Crippen molar-refractivity contribution in [2.45, 2.75) is 38.6 Å². The van der Waals surface area contributed by atoms with E-state index in [4.69, 9.17) is 0 Å². The Kier molecular flexibility index (Phi) is 5.53. The first-order chi connectivity index (χ1) is 9.66. The highest BCUT2D eigenvalue weighted by Crippen LogP contribution is 2.19. The van der Waals surface area contributed by atoms with Crippen molar-refractivity contribution in [1.82, 2.24) is 10.2 Å². The van der Waals surface area contributed by atoms with E-state index in [0.29, 0.717) is 6.42 Å². The summed E-state index contributed by atoms with van der Waals surface area (Å²) < 4.78 is 13.6. The summed E-state index contributed by atoms with van der Waals surface area (Å²) >= 11 is 0. The number of carbonyl (C=O) groups is 1. The topological polar surface area (TPSA) is 32.3 Å². The van der Waals surface area contributed by atoms with Crippen LogP contribution in [0, 0.1) is 12.4 Å². The van der Waals surface area contributed by atoms with E-state index in [0.717, 1.165) is 25.1 Å². The van der Waals surface area contributed by atoms with Gasteiger partial charge in [0.15, 0.2) is 0 Å². The number of nitrogens with one attached hydrogen (secondary N) is 1. The van der Waals surface area contributed by atoms with Crippen LogP contribution in [0.2, 0.25) is 0 Å². The first kappa shape index (κ1) is 15.0. The number of rotatable bonds is 5. The number of halogens is 1. The van der Waals surface area contributed by atoms with Crippen LogP contribution in [-0.4, -0.2) is 29.9 Å². The standard InChI is InChI=1S/C16H22FN2O/c1-13(20)18-12-15-7-4-5-10-19(15)11-9-14-6-2-3-8-16(14)17/h2-3,6,8,12,15H,4-5,7,9-11H2,1H3,(H,18,20). The van der Waals surface area contributed by atoms with Crippen molar-refractivity contribution in [2.75, 3.05) is 13.1 Å². The van der Waals surface area contributed by atoms with Crippen LogP contribution in [0.25, 0.3) is 0 Å². The van der Waals surface area contributed by atoms with Crippen LogP contribution < -0.4 is 5.32 Å². The lowest BCUT2D eigenvalue weighted by molar-refractivity contribution is -0.118.